The van der Waals surface area contributed by atoms with Crippen molar-refractivity contribution in [2.24, 2.45) is 5.92 Å². The molecular weight excluding hydrogens is 328 g/mol. The van der Waals surface area contributed by atoms with Crippen LogP contribution >= 0.6 is 0 Å². The molecule has 0 aliphatic heterocycles. The first-order chi connectivity index (χ1) is 12.5. The Balaban J connectivity index is 2.09. The summed E-state index contributed by atoms with van der Waals surface area (Å²) >= 11 is 0. The van der Waals surface area contributed by atoms with E-state index in [2.05, 4.69) is 10.6 Å². The third-order valence-corrected chi connectivity index (χ3v) is 4.17. The zero-order valence-electron chi connectivity index (χ0n) is 15.7. The summed E-state index contributed by atoms with van der Waals surface area (Å²) in [5, 5.41) is 5.86. The highest BCUT2D eigenvalue weighted by molar-refractivity contribution is 5.96. The number of nitrogens with one attached hydrogen (secondary N) is 2. The van der Waals surface area contributed by atoms with Gasteiger partial charge in [-0.25, -0.2) is 0 Å². The SMILES string of the molecule is CCC(NC(=O)c1ccc(NC(=O)C(C)C)cc1)c1ccccc1OC. The molecule has 0 aromatic heterocycles. The Morgan fingerprint density at radius 3 is 2.27 bits per heavy atom. The molecule has 0 spiro atoms. The molecule has 2 amide bonds. The van der Waals surface area contributed by atoms with Gasteiger partial charge in [0.1, 0.15) is 5.75 Å². The number of ether oxygens (including phenoxy) is 1. The fourth-order valence-corrected chi connectivity index (χ4v) is 2.59. The highest BCUT2D eigenvalue weighted by Crippen LogP contribution is 2.27. The van der Waals surface area contributed by atoms with Crippen LogP contribution in [0, 0.1) is 5.92 Å². The van der Waals surface area contributed by atoms with E-state index < -0.39 is 0 Å². The maximum absolute atomic E-state index is 12.6. The third-order valence-electron chi connectivity index (χ3n) is 4.17. The highest BCUT2D eigenvalue weighted by atomic mass is 16.5. The van der Waals surface area contributed by atoms with Gasteiger partial charge >= 0.3 is 0 Å². The van der Waals surface area contributed by atoms with E-state index in [4.69, 9.17) is 4.74 Å². The molecule has 5 heteroatoms. The van der Waals surface area contributed by atoms with Crippen molar-refractivity contribution in [3.8, 4) is 5.75 Å². The predicted molar refractivity (Wildman–Crippen MR) is 103 cm³/mol. The summed E-state index contributed by atoms with van der Waals surface area (Å²) in [6.45, 7) is 5.68. The number of amides is 2. The minimum atomic E-state index is -0.163. The van der Waals surface area contributed by atoms with E-state index in [1.54, 1.807) is 31.4 Å². The van der Waals surface area contributed by atoms with Crippen molar-refractivity contribution in [2.75, 3.05) is 12.4 Å². The van der Waals surface area contributed by atoms with Crippen molar-refractivity contribution >= 4 is 17.5 Å². The van der Waals surface area contributed by atoms with Crippen molar-refractivity contribution < 1.29 is 14.3 Å². The van der Waals surface area contributed by atoms with E-state index in [0.29, 0.717) is 11.3 Å². The molecule has 0 saturated carbocycles. The van der Waals surface area contributed by atoms with Crippen molar-refractivity contribution in [1.82, 2.24) is 5.32 Å². The second kappa shape index (κ2) is 9.04. The summed E-state index contributed by atoms with van der Waals surface area (Å²) in [5.41, 5.74) is 2.17. The molecule has 0 saturated heterocycles. The predicted octanol–water partition coefficient (Wildman–Crippen LogP) is 4.17. The van der Waals surface area contributed by atoms with Gasteiger partial charge in [-0.15, -0.1) is 0 Å². The fraction of sp³-hybridized carbons (Fsp3) is 0.333. The van der Waals surface area contributed by atoms with Gasteiger partial charge in [0.2, 0.25) is 5.91 Å². The van der Waals surface area contributed by atoms with Crippen LogP contribution in [0.25, 0.3) is 0 Å². The van der Waals surface area contributed by atoms with Crippen LogP contribution in [0.4, 0.5) is 5.69 Å². The molecule has 0 aliphatic carbocycles. The van der Waals surface area contributed by atoms with E-state index in [-0.39, 0.29) is 23.8 Å². The standard InChI is InChI=1S/C21H26N2O3/c1-5-18(17-8-6-7-9-19(17)26-4)23-21(25)15-10-12-16(13-11-15)22-20(24)14(2)3/h6-14,18H,5H2,1-4H3,(H,22,24)(H,23,25). The van der Waals surface area contributed by atoms with Crippen LogP contribution in [0.2, 0.25) is 0 Å². The van der Waals surface area contributed by atoms with Gasteiger partial charge in [0.25, 0.3) is 5.91 Å². The number of anilines is 1. The molecule has 1 unspecified atom stereocenters. The summed E-state index contributed by atoms with van der Waals surface area (Å²) < 4.78 is 5.40. The normalized spacial score (nSPS) is 11.7. The second-order valence-electron chi connectivity index (χ2n) is 6.40. The molecule has 0 radical (unpaired) electrons. The van der Waals surface area contributed by atoms with E-state index in [0.717, 1.165) is 17.7 Å². The maximum atomic E-state index is 12.6. The lowest BCUT2D eigenvalue weighted by Crippen LogP contribution is -2.28. The molecule has 2 rings (SSSR count). The average Bonchev–Trinajstić information content (AvgIpc) is 2.66. The zero-order valence-corrected chi connectivity index (χ0v) is 15.7. The number of rotatable bonds is 7. The van der Waals surface area contributed by atoms with Crippen LogP contribution in [0.3, 0.4) is 0 Å². The topological polar surface area (TPSA) is 67.4 Å². The lowest BCUT2D eigenvalue weighted by molar-refractivity contribution is -0.118. The minimum Gasteiger partial charge on any atom is -0.496 e. The lowest BCUT2D eigenvalue weighted by atomic mass is 10.0. The van der Waals surface area contributed by atoms with Crippen LogP contribution < -0.4 is 15.4 Å². The first-order valence-corrected chi connectivity index (χ1v) is 8.81. The van der Waals surface area contributed by atoms with Gasteiger partial charge in [0.15, 0.2) is 0 Å². The van der Waals surface area contributed by atoms with Gasteiger partial charge < -0.3 is 15.4 Å². The van der Waals surface area contributed by atoms with Crippen LogP contribution in [0.1, 0.15) is 49.2 Å². The molecule has 2 aromatic carbocycles. The van der Waals surface area contributed by atoms with E-state index in [1.807, 2.05) is 45.0 Å². The molecule has 0 fully saturated rings. The van der Waals surface area contributed by atoms with E-state index in [1.165, 1.54) is 0 Å². The molecule has 5 nitrogen and oxygen atoms in total. The smallest absolute Gasteiger partial charge is 0.251 e. The number of hydrogen-bond acceptors (Lipinski definition) is 3. The van der Waals surface area contributed by atoms with Crippen LogP contribution in [-0.2, 0) is 4.79 Å². The fourth-order valence-electron chi connectivity index (χ4n) is 2.59. The Hall–Kier alpha value is -2.82. The quantitative estimate of drug-likeness (QED) is 0.784. The first-order valence-electron chi connectivity index (χ1n) is 8.81. The van der Waals surface area contributed by atoms with Crippen molar-refractivity contribution in [1.29, 1.82) is 0 Å². The van der Waals surface area contributed by atoms with Gasteiger partial charge in [-0.1, -0.05) is 39.0 Å². The molecule has 26 heavy (non-hydrogen) atoms. The number of benzene rings is 2. The Morgan fingerprint density at radius 1 is 1.04 bits per heavy atom. The van der Waals surface area contributed by atoms with Gasteiger partial charge in [0, 0.05) is 22.7 Å². The molecule has 2 N–H and O–H groups in total. The van der Waals surface area contributed by atoms with E-state index >= 15 is 0 Å². The number of hydrogen-bond donors (Lipinski definition) is 2. The monoisotopic (exact) mass is 354 g/mol. The van der Waals surface area contributed by atoms with E-state index in [9.17, 15) is 9.59 Å². The molecular formula is C21H26N2O3. The zero-order chi connectivity index (χ0) is 19.1. The van der Waals surface area contributed by atoms with Crippen LogP contribution in [0.5, 0.6) is 5.75 Å². The highest BCUT2D eigenvalue weighted by Gasteiger charge is 2.17. The number of para-hydroxylation sites is 1. The van der Waals surface area contributed by atoms with Crippen molar-refractivity contribution in [2.45, 2.75) is 33.2 Å². The summed E-state index contributed by atoms with van der Waals surface area (Å²) in [6, 6.07) is 14.4. The Kier molecular flexibility index (Phi) is 6.78. The first kappa shape index (κ1) is 19.5. The summed E-state index contributed by atoms with van der Waals surface area (Å²) in [6.07, 6.45) is 0.745. The molecule has 138 valence electrons. The second-order valence-corrected chi connectivity index (χ2v) is 6.40. The summed E-state index contributed by atoms with van der Waals surface area (Å²) in [4.78, 5) is 24.3. The van der Waals surface area contributed by atoms with Crippen molar-refractivity contribution in [3.05, 3.63) is 59.7 Å². The lowest BCUT2D eigenvalue weighted by Gasteiger charge is -2.20. The minimum absolute atomic E-state index is 0.0515. The van der Waals surface area contributed by atoms with Gasteiger partial charge in [-0.3, -0.25) is 9.59 Å². The number of carbonyl (C=O) groups is 2. The Morgan fingerprint density at radius 2 is 1.69 bits per heavy atom. The molecule has 0 aliphatic rings. The maximum Gasteiger partial charge on any atom is 0.251 e. The van der Waals surface area contributed by atoms with Gasteiger partial charge in [0.05, 0.1) is 13.2 Å². The molecule has 0 bridgehead atoms. The molecule has 2 aromatic rings. The third kappa shape index (κ3) is 4.85. The molecule has 1 atom stereocenters. The van der Waals surface area contributed by atoms with Gasteiger partial charge in [-0.05, 0) is 36.8 Å². The number of methoxy groups -OCH3 is 1. The van der Waals surface area contributed by atoms with Gasteiger partial charge in [-0.2, -0.15) is 0 Å². The number of carbonyl (C=O) groups excluding carboxylic acids is 2. The summed E-state index contributed by atoms with van der Waals surface area (Å²) in [5.74, 6) is 0.449. The Bertz CT molecular complexity index is 754. The summed E-state index contributed by atoms with van der Waals surface area (Å²) in [7, 11) is 1.62. The van der Waals surface area contributed by atoms with Crippen LogP contribution in [-0.4, -0.2) is 18.9 Å². The largest absolute Gasteiger partial charge is 0.496 e. The Labute approximate surface area is 154 Å². The average molecular weight is 354 g/mol. The van der Waals surface area contributed by atoms with Crippen molar-refractivity contribution in [3.63, 3.8) is 0 Å². The molecule has 0 heterocycles. The van der Waals surface area contributed by atoms with Crippen LogP contribution in [0.15, 0.2) is 48.5 Å².